The van der Waals surface area contributed by atoms with Gasteiger partial charge in [-0.05, 0) is 65.3 Å². The van der Waals surface area contributed by atoms with Gasteiger partial charge in [0, 0.05) is 28.6 Å². The molecule has 0 saturated carbocycles. The van der Waals surface area contributed by atoms with E-state index in [1.54, 1.807) is 61.8 Å². The summed E-state index contributed by atoms with van der Waals surface area (Å²) in [4.78, 5) is 25.2. The van der Waals surface area contributed by atoms with Gasteiger partial charge in [0.05, 0.1) is 12.7 Å². The van der Waals surface area contributed by atoms with Crippen molar-refractivity contribution in [3.63, 3.8) is 0 Å². The largest absolute Gasteiger partial charge is 0.497 e. The molecule has 0 radical (unpaired) electrons. The van der Waals surface area contributed by atoms with Crippen LogP contribution >= 0.6 is 15.9 Å². The van der Waals surface area contributed by atoms with Gasteiger partial charge >= 0.3 is 0 Å². The standard InChI is InChI=1S/C22H18BrN5O3/c1-14-24-9-10-28(14)20-12-21(26-13-25-20)31-16-5-3-15(4-6-16)27-22(29)18-11-17(30-2)7-8-19(18)23/h3-13H,1-2H3,(H,27,29). The fraction of sp³-hybridized carbons (Fsp3) is 0.0909. The van der Waals surface area contributed by atoms with E-state index in [2.05, 4.69) is 36.2 Å². The van der Waals surface area contributed by atoms with Gasteiger partial charge in [0.25, 0.3) is 5.91 Å². The van der Waals surface area contributed by atoms with Crippen LogP contribution in [0.3, 0.4) is 0 Å². The number of imidazole rings is 1. The minimum Gasteiger partial charge on any atom is -0.497 e. The Hall–Kier alpha value is -3.72. The van der Waals surface area contributed by atoms with Crippen molar-refractivity contribution >= 4 is 27.5 Å². The first-order chi connectivity index (χ1) is 15.0. The number of hydrogen-bond acceptors (Lipinski definition) is 6. The molecular weight excluding hydrogens is 462 g/mol. The number of nitrogens with one attached hydrogen (secondary N) is 1. The number of carbonyl (C=O) groups is 1. The maximum absolute atomic E-state index is 12.6. The van der Waals surface area contributed by atoms with E-state index in [1.165, 1.54) is 6.33 Å². The minimum atomic E-state index is -0.254. The number of amides is 1. The van der Waals surface area contributed by atoms with E-state index in [-0.39, 0.29) is 5.91 Å². The quantitative estimate of drug-likeness (QED) is 0.427. The van der Waals surface area contributed by atoms with Crippen molar-refractivity contribution in [3.05, 3.63) is 83.1 Å². The Morgan fingerprint density at radius 3 is 2.52 bits per heavy atom. The monoisotopic (exact) mass is 479 g/mol. The van der Waals surface area contributed by atoms with Gasteiger partial charge in [-0.25, -0.2) is 15.0 Å². The highest BCUT2D eigenvalue weighted by Crippen LogP contribution is 2.25. The average molecular weight is 480 g/mol. The second-order valence-corrected chi connectivity index (χ2v) is 7.34. The predicted octanol–water partition coefficient (Wildman–Crippen LogP) is 4.79. The van der Waals surface area contributed by atoms with Crippen LogP contribution in [0, 0.1) is 6.92 Å². The lowest BCUT2D eigenvalue weighted by atomic mass is 10.2. The SMILES string of the molecule is COc1ccc(Br)c(C(=O)Nc2ccc(Oc3cc(-n4ccnc4C)ncn3)cc2)c1. The normalized spacial score (nSPS) is 10.5. The molecular formula is C22H18BrN5O3. The summed E-state index contributed by atoms with van der Waals surface area (Å²) in [5.74, 6) is 2.80. The molecule has 9 heteroatoms. The Morgan fingerprint density at radius 1 is 1.03 bits per heavy atom. The molecule has 4 rings (SSSR count). The molecule has 0 saturated heterocycles. The number of rotatable bonds is 6. The Kier molecular flexibility index (Phi) is 5.94. The van der Waals surface area contributed by atoms with Crippen molar-refractivity contribution in [2.45, 2.75) is 6.92 Å². The molecule has 8 nitrogen and oxygen atoms in total. The summed E-state index contributed by atoms with van der Waals surface area (Å²) in [5.41, 5.74) is 1.10. The van der Waals surface area contributed by atoms with Crippen molar-refractivity contribution in [2.75, 3.05) is 12.4 Å². The van der Waals surface area contributed by atoms with Gasteiger partial charge in [0.2, 0.25) is 5.88 Å². The lowest BCUT2D eigenvalue weighted by Gasteiger charge is -2.10. The summed E-state index contributed by atoms with van der Waals surface area (Å²) in [6.45, 7) is 1.89. The zero-order valence-electron chi connectivity index (χ0n) is 16.7. The number of anilines is 1. The van der Waals surface area contributed by atoms with Crippen molar-refractivity contribution in [1.29, 1.82) is 0 Å². The molecule has 0 aliphatic rings. The van der Waals surface area contributed by atoms with Gasteiger partial charge < -0.3 is 14.8 Å². The van der Waals surface area contributed by atoms with E-state index < -0.39 is 0 Å². The number of benzene rings is 2. The average Bonchev–Trinajstić information content (AvgIpc) is 3.21. The molecule has 0 spiro atoms. The lowest BCUT2D eigenvalue weighted by molar-refractivity contribution is 0.102. The summed E-state index contributed by atoms with van der Waals surface area (Å²) in [6, 6.07) is 14.0. The second kappa shape index (κ2) is 8.97. The Balaban J connectivity index is 1.46. The van der Waals surface area contributed by atoms with Crippen LogP contribution in [0.4, 0.5) is 5.69 Å². The smallest absolute Gasteiger partial charge is 0.256 e. The highest BCUT2D eigenvalue weighted by atomic mass is 79.9. The zero-order chi connectivity index (χ0) is 21.8. The third-order valence-corrected chi connectivity index (χ3v) is 5.14. The molecule has 2 heterocycles. The third kappa shape index (κ3) is 4.72. The maximum Gasteiger partial charge on any atom is 0.256 e. The molecule has 2 aromatic carbocycles. The van der Waals surface area contributed by atoms with Gasteiger partial charge in [-0.3, -0.25) is 9.36 Å². The highest BCUT2D eigenvalue weighted by Gasteiger charge is 2.12. The lowest BCUT2D eigenvalue weighted by Crippen LogP contribution is -2.12. The molecule has 0 atom stereocenters. The first kappa shape index (κ1) is 20.5. The van der Waals surface area contributed by atoms with E-state index in [0.717, 1.165) is 5.82 Å². The van der Waals surface area contributed by atoms with E-state index in [0.29, 0.717) is 38.9 Å². The van der Waals surface area contributed by atoms with Crippen LogP contribution in [0.15, 0.2) is 71.7 Å². The molecule has 156 valence electrons. The first-order valence-electron chi connectivity index (χ1n) is 9.28. The van der Waals surface area contributed by atoms with Crippen LogP contribution in [-0.4, -0.2) is 32.5 Å². The molecule has 0 unspecified atom stereocenters. The number of halogens is 1. The zero-order valence-corrected chi connectivity index (χ0v) is 18.3. The Bertz CT molecular complexity index is 1220. The van der Waals surface area contributed by atoms with E-state index in [4.69, 9.17) is 9.47 Å². The van der Waals surface area contributed by atoms with Gasteiger partial charge in [-0.2, -0.15) is 0 Å². The van der Waals surface area contributed by atoms with Gasteiger partial charge in [-0.1, -0.05) is 0 Å². The topological polar surface area (TPSA) is 91.2 Å². The van der Waals surface area contributed by atoms with Crippen LogP contribution in [0.25, 0.3) is 5.82 Å². The van der Waals surface area contributed by atoms with Crippen molar-refractivity contribution < 1.29 is 14.3 Å². The van der Waals surface area contributed by atoms with Gasteiger partial charge in [-0.15, -0.1) is 0 Å². The summed E-state index contributed by atoms with van der Waals surface area (Å²) in [7, 11) is 1.56. The van der Waals surface area contributed by atoms with E-state index in [9.17, 15) is 4.79 Å². The molecule has 0 aliphatic heterocycles. The number of ether oxygens (including phenoxy) is 2. The van der Waals surface area contributed by atoms with Crippen LogP contribution in [0.2, 0.25) is 0 Å². The fourth-order valence-electron chi connectivity index (χ4n) is 2.87. The Labute approximate surface area is 187 Å². The molecule has 0 fully saturated rings. The van der Waals surface area contributed by atoms with Crippen LogP contribution in [-0.2, 0) is 0 Å². The number of methoxy groups -OCH3 is 1. The maximum atomic E-state index is 12.6. The summed E-state index contributed by atoms with van der Waals surface area (Å²) < 4.78 is 13.5. The number of hydrogen-bond donors (Lipinski definition) is 1. The van der Waals surface area contributed by atoms with E-state index in [1.807, 2.05) is 17.7 Å². The molecule has 1 amide bonds. The van der Waals surface area contributed by atoms with Crippen LogP contribution in [0.1, 0.15) is 16.2 Å². The third-order valence-electron chi connectivity index (χ3n) is 4.45. The predicted molar refractivity (Wildman–Crippen MR) is 119 cm³/mol. The number of aryl methyl sites for hydroxylation is 1. The molecule has 1 N–H and O–H groups in total. The second-order valence-electron chi connectivity index (χ2n) is 6.49. The fourth-order valence-corrected chi connectivity index (χ4v) is 3.30. The minimum absolute atomic E-state index is 0.254. The summed E-state index contributed by atoms with van der Waals surface area (Å²) in [6.07, 6.45) is 4.96. The van der Waals surface area contributed by atoms with Crippen molar-refractivity contribution in [3.8, 4) is 23.2 Å². The van der Waals surface area contributed by atoms with Crippen LogP contribution < -0.4 is 14.8 Å². The number of aromatic nitrogens is 4. The summed E-state index contributed by atoms with van der Waals surface area (Å²) in [5, 5.41) is 2.86. The van der Waals surface area contributed by atoms with Crippen molar-refractivity contribution in [1.82, 2.24) is 19.5 Å². The van der Waals surface area contributed by atoms with E-state index >= 15 is 0 Å². The van der Waals surface area contributed by atoms with Crippen LogP contribution in [0.5, 0.6) is 17.4 Å². The van der Waals surface area contributed by atoms with Gasteiger partial charge in [0.1, 0.15) is 29.5 Å². The molecule has 0 aliphatic carbocycles. The first-order valence-corrected chi connectivity index (χ1v) is 10.1. The molecule has 31 heavy (non-hydrogen) atoms. The number of nitrogens with zero attached hydrogens (tertiary/aromatic N) is 4. The molecule has 0 bridgehead atoms. The number of carbonyl (C=O) groups excluding carboxylic acids is 1. The highest BCUT2D eigenvalue weighted by molar-refractivity contribution is 9.10. The molecule has 4 aromatic rings. The Morgan fingerprint density at radius 2 is 1.81 bits per heavy atom. The molecule has 2 aromatic heterocycles. The summed E-state index contributed by atoms with van der Waals surface area (Å²) >= 11 is 3.39. The van der Waals surface area contributed by atoms with Gasteiger partial charge in [0.15, 0.2) is 0 Å². The van der Waals surface area contributed by atoms with Crippen molar-refractivity contribution in [2.24, 2.45) is 0 Å².